The van der Waals surface area contributed by atoms with Crippen molar-refractivity contribution >= 4 is 28.3 Å². The van der Waals surface area contributed by atoms with Crippen molar-refractivity contribution < 1.29 is 18.0 Å². The lowest BCUT2D eigenvalue weighted by Crippen LogP contribution is -2.46. The number of alkyl halides is 3. The lowest BCUT2D eigenvalue weighted by molar-refractivity contribution is -0.138. The summed E-state index contributed by atoms with van der Waals surface area (Å²) in [5.74, 6) is 0.806. The molecule has 2 fully saturated rings. The molecule has 2 aliphatic rings. The van der Waals surface area contributed by atoms with Gasteiger partial charge >= 0.3 is 12.2 Å². The number of pyridine rings is 1. The first kappa shape index (κ1) is 27.2. The predicted molar refractivity (Wildman–Crippen MR) is 152 cm³/mol. The number of nitrogens with zero attached hydrogens (tertiary/aromatic N) is 5. The van der Waals surface area contributed by atoms with Gasteiger partial charge in [0.25, 0.3) is 0 Å². The molecule has 41 heavy (non-hydrogen) atoms. The van der Waals surface area contributed by atoms with Crippen LogP contribution in [-0.4, -0.2) is 63.3 Å². The number of aryl methyl sites for hydroxylation is 1. The number of piperazine rings is 1. The highest BCUT2D eigenvalue weighted by Gasteiger charge is 2.34. The summed E-state index contributed by atoms with van der Waals surface area (Å²) < 4.78 is 43.7. The van der Waals surface area contributed by atoms with Gasteiger partial charge in [-0.15, -0.1) is 0 Å². The van der Waals surface area contributed by atoms with Crippen molar-refractivity contribution in [2.75, 3.05) is 43.4 Å². The summed E-state index contributed by atoms with van der Waals surface area (Å²) in [6.07, 6.45) is 3.35. The first-order valence-corrected chi connectivity index (χ1v) is 13.8. The van der Waals surface area contributed by atoms with E-state index < -0.39 is 17.8 Å². The zero-order valence-corrected chi connectivity index (χ0v) is 22.8. The molecule has 3 heterocycles. The number of amides is 2. The number of rotatable bonds is 7. The summed E-state index contributed by atoms with van der Waals surface area (Å²) in [5, 5.41) is 10.5. The van der Waals surface area contributed by atoms with E-state index in [1.807, 2.05) is 19.2 Å². The molecule has 2 N–H and O–H groups in total. The van der Waals surface area contributed by atoms with E-state index in [1.165, 1.54) is 25.0 Å². The minimum Gasteiger partial charge on any atom is -0.308 e. The monoisotopic (exact) mass is 563 g/mol. The molecule has 214 valence electrons. The molecule has 0 bridgehead atoms. The van der Waals surface area contributed by atoms with Crippen LogP contribution in [0, 0.1) is 5.92 Å². The molecular weight excluding hydrogens is 531 g/mol. The van der Waals surface area contributed by atoms with Gasteiger partial charge in [-0.2, -0.15) is 18.3 Å². The summed E-state index contributed by atoms with van der Waals surface area (Å²) in [4.78, 5) is 21.4. The van der Waals surface area contributed by atoms with Crippen LogP contribution in [-0.2, 0) is 19.8 Å². The summed E-state index contributed by atoms with van der Waals surface area (Å²) in [6, 6.07) is 10.6. The van der Waals surface area contributed by atoms with Crippen LogP contribution in [0.15, 0.2) is 61.1 Å². The number of fused-ring (bicyclic) bond motifs is 1. The molecule has 11 heteroatoms. The Morgan fingerprint density at radius 3 is 2.32 bits per heavy atom. The molecule has 2 aromatic carbocycles. The highest BCUT2D eigenvalue weighted by molar-refractivity contribution is 6.00. The Morgan fingerprint density at radius 1 is 0.927 bits per heavy atom. The van der Waals surface area contributed by atoms with Crippen LogP contribution in [0.1, 0.15) is 24.0 Å². The zero-order chi connectivity index (χ0) is 28.6. The number of carbonyl (C=O) groups is 1. The smallest absolute Gasteiger partial charge is 0.308 e. The molecule has 0 spiro atoms. The molecule has 1 saturated heterocycles. The molecule has 6 rings (SSSR count). The van der Waals surface area contributed by atoms with Crippen LogP contribution in [0.4, 0.5) is 29.3 Å². The maximum absolute atomic E-state index is 14.0. The number of anilines is 2. The van der Waals surface area contributed by atoms with Gasteiger partial charge in [0.2, 0.25) is 0 Å². The Kier molecular flexibility index (Phi) is 7.39. The number of hydrogen-bond acceptors (Lipinski definition) is 5. The van der Waals surface area contributed by atoms with E-state index in [0.29, 0.717) is 5.69 Å². The molecule has 2 amide bonds. The fourth-order valence-corrected chi connectivity index (χ4v) is 5.41. The third-order valence-corrected chi connectivity index (χ3v) is 7.87. The first-order valence-electron chi connectivity index (χ1n) is 13.8. The Bertz CT molecular complexity index is 1540. The van der Waals surface area contributed by atoms with Crippen LogP contribution in [0.2, 0.25) is 0 Å². The fraction of sp³-hybridized carbons (Fsp3) is 0.367. The van der Waals surface area contributed by atoms with Crippen LogP contribution in [0.25, 0.3) is 22.0 Å². The maximum atomic E-state index is 14.0. The summed E-state index contributed by atoms with van der Waals surface area (Å²) in [5.41, 5.74) is 2.79. The quantitative estimate of drug-likeness (QED) is 0.296. The maximum Gasteiger partial charge on any atom is 0.416 e. The highest BCUT2D eigenvalue weighted by Crippen LogP contribution is 2.35. The van der Waals surface area contributed by atoms with Gasteiger partial charge in [0.1, 0.15) is 0 Å². The minimum absolute atomic E-state index is 0.0822. The van der Waals surface area contributed by atoms with E-state index in [9.17, 15) is 18.0 Å². The third kappa shape index (κ3) is 6.36. The third-order valence-electron chi connectivity index (χ3n) is 7.87. The Labute approximate surface area is 236 Å². The number of nitrogens with one attached hydrogen (secondary N) is 2. The molecule has 0 unspecified atom stereocenters. The van der Waals surface area contributed by atoms with E-state index in [4.69, 9.17) is 0 Å². The normalized spacial score (nSPS) is 16.7. The second-order valence-electron chi connectivity index (χ2n) is 10.9. The van der Waals surface area contributed by atoms with E-state index in [-0.39, 0.29) is 17.8 Å². The number of carbonyl (C=O) groups excluding carboxylic acids is 1. The van der Waals surface area contributed by atoms with Gasteiger partial charge < -0.3 is 15.5 Å². The van der Waals surface area contributed by atoms with Crippen molar-refractivity contribution in [2.45, 2.75) is 25.6 Å². The number of halogens is 3. The van der Waals surface area contributed by atoms with E-state index in [2.05, 4.69) is 30.5 Å². The van der Waals surface area contributed by atoms with Crippen molar-refractivity contribution in [2.24, 2.45) is 13.0 Å². The van der Waals surface area contributed by atoms with Crippen LogP contribution < -0.4 is 10.6 Å². The van der Waals surface area contributed by atoms with E-state index in [0.717, 1.165) is 66.7 Å². The van der Waals surface area contributed by atoms with Gasteiger partial charge in [-0.25, -0.2) is 4.79 Å². The highest BCUT2D eigenvalue weighted by atomic mass is 19.4. The average molecular weight is 564 g/mol. The van der Waals surface area contributed by atoms with Crippen LogP contribution in [0.5, 0.6) is 0 Å². The van der Waals surface area contributed by atoms with E-state index >= 15 is 0 Å². The van der Waals surface area contributed by atoms with Crippen molar-refractivity contribution in [1.29, 1.82) is 0 Å². The summed E-state index contributed by atoms with van der Waals surface area (Å²) >= 11 is 0. The lowest BCUT2D eigenvalue weighted by Gasteiger charge is -2.35. The average Bonchev–Trinajstić information content (AvgIpc) is 3.69. The topological polar surface area (TPSA) is 78.3 Å². The van der Waals surface area contributed by atoms with Gasteiger partial charge in [-0.05, 0) is 54.2 Å². The van der Waals surface area contributed by atoms with Gasteiger partial charge in [-0.1, -0.05) is 18.2 Å². The number of urea groups is 1. The van der Waals surface area contributed by atoms with Gasteiger partial charge in [0, 0.05) is 74.8 Å². The summed E-state index contributed by atoms with van der Waals surface area (Å²) in [7, 11) is 1.85. The van der Waals surface area contributed by atoms with Gasteiger partial charge in [-0.3, -0.25) is 14.6 Å². The molecular formula is C30H32F3N7O. The second-order valence-corrected chi connectivity index (χ2v) is 10.9. The van der Waals surface area contributed by atoms with Gasteiger partial charge in [0.05, 0.1) is 23.5 Å². The number of hydrogen-bond donors (Lipinski definition) is 2. The van der Waals surface area contributed by atoms with Crippen molar-refractivity contribution in [3.8, 4) is 11.1 Å². The van der Waals surface area contributed by atoms with E-state index in [1.54, 1.807) is 35.4 Å². The minimum atomic E-state index is -4.53. The van der Waals surface area contributed by atoms with Crippen molar-refractivity contribution in [3.05, 3.63) is 72.2 Å². The first-order chi connectivity index (χ1) is 19.7. The largest absolute Gasteiger partial charge is 0.416 e. The molecule has 1 aliphatic heterocycles. The van der Waals surface area contributed by atoms with Crippen molar-refractivity contribution in [1.82, 2.24) is 24.6 Å². The van der Waals surface area contributed by atoms with Crippen LogP contribution in [0.3, 0.4) is 0 Å². The molecule has 1 saturated carbocycles. The molecule has 0 radical (unpaired) electrons. The SMILES string of the molecule is Cn1ncc2c(-c3ccc(NC(=O)Nc4ccc(CN5CCN(CC6CC6)CC5)c(C(F)(F)F)c4)cc3)cncc21. The van der Waals surface area contributed by atoms with Crippen LogP contribution >= 0.6 is 0 Å². The molecule has 2 aromatic heterocycles. The number of benzene rings is 2. The standard InChI is InChI=1S/C30H32F3N7O/c1-38-28-17-34-15-25(26(28)16-35-38)21-4-7-23(8-5-21)36-29(41)37-24-9-6-22(27(14-24)30(31,32)33)19-40-12-10-39(11-13-40)18-20-2-3-20/h4-9,14-17,20H,2-3,10-13,18-19H2,1H3,(H2,36,37,41). The summed E-state index contributed by atoms with van der Waals surface area (Å²) in [6.45, 7) is 4.60. The fourth-order valence-electron chi connectivity index (χ4n) is 5.41. The van der Waals surface area contributed by atoms with Gasteiger partial charge in [0.15, 0.2) is 0 Å². The Morgan fingerprint density at radius 2 is 1.61 bits per heavy atom. The molecule has 4 aromatic rings. The second kappa shape index (κ2) is 11.1. The van der Waals surface area contributed by atoms with Crippen molar-refractivity contribution in [3.63, 3.8) is 0 Å². The molecule has 8 nitrogen and oxygen atoms in total. The molecule has 1 aliphatic carbocycles. The molecule has 0 atom stereocenters. The zero-order valence-electron chi connectivity index (χ0n) is 22.8. The number of aromatic nitrogens is 3. The Hall–Kier alpha value is -3.96. The lowest BCUT2D eigenvalue weighted by atomic mass is 10.0. The predicted octanol–water partition coefficient (Wildman–Crippen LogP) is 5.83. The Balaban J connectivity index is 1.09.